The lowest BCUT2D eigenvalue weighted by Crippen LogP contribution is -1.99. The third-order valence-electron chi connectivity index (χ3n) is 2.67. The fourth-order valence-electron chi connectivity index (χ4n) is 1.75. The topological polar surface area (TPSA) is 35.0 Å². The fraction of sp³-hybridized carbons (Fsp3) is 0.333. The minimum absolute atomic E-state index is 0.298. The highest BCUT2D eigenvalue weighted by atomic mass is 79.9. The van der Waals surface area contributed by atoms with E-state index >= 15 is 0 Å². The minimum Gasteiger partial charge on any atom is -0.494 e. The highest BCUT2D eigenvalue weighted by Gasteiger charge is 2.09. The molecular formula is C15H17BrN2O. The predicted octanol–water partition coefficient (Wildman–Crippen LogP) is 4.43. The molecule has 1 aromatic carbocycles. The Hall–Kier alpha value is -1.42. The summed E-state index contributed by atoms with van der Waals surface area (Å²) in [6.07, 6.45) is 0. The van der Waals surface area contributed by atoms with Gasteiger partial charge in [-0.3, -0.25) is 0 Å². The Bertz CT molecular complexity index is 570. The molecule has 0 aliphatic heterocycles. The van der Waals surface area contributed by atoms with E-state index in [2.05, 4.69) is 39.7 Å². The van der Waals surface area contributed by atoms with Crippen molar-refractivity contribution in [3.8, 4) is 17.0 Å². The summed E-state index contributed by atoms with van der Waals surface area (Å²) in [5.41, 5.74) is 1.95. The Balaban J connectivity index is 2.43. The molecule has 0 amide bonds. The van der Waals surface area contributed by atoms with E-state index in [-0.39, 0.29) is 0 Å². The maximum absolute atomic E-state index is 5.52. The van der Waals surface area contributed by atoms with Crippen LogP contribution >= 0.6 is 15.9 Å². The van der Waals surface area contributed by atoms with Gasteiger partial charge in [-0.15, -0.1) is 0 Å². The normalized spacial score (nSPS) is 10.8. The summed E-state index contributed by atoms with van der Waals surface area (Å²) in [6, 6.07) is 9.89. The third-order valence-corrected chi connectivity index (χ3v) is 3.08. The smallest absolute Gasteiger partial charge is 0.132 e. The van der Waals surface area contributed by atoms with Crippen molar-refractivity contribution < 1.29 is 4.74 Å². The molecule has 100 valence electrons. The van der Waals surface area contributed by atoms with Gasteiger partial charge in [0.15, 0.2) is 0 Å². The standard InChI is InChI=1S/C15H17BrN2O/c1-4-19-12-7-5-6-11(8-12)13-9-14(16)18-15(17-13)10(2)3/h5-10H,4H2,1-3H3. The van der Waals surface area contributed by atoms with Crippen molar-refractivity contribution in [2.45, 2.75) is 26.7 Å². The van der Waals surface area contributed by atoms with E-state index in [1.165, 1.54) is 0 Å². The van der Waals surface area contributed by atoms with Gasteiger partial charge in [0.2, 0.25) is 0 Å². The summed E-state index contributed by atoms with van der Waals surface area (Å²) in [5, 5.41) is 0. The fourth-order valence-corrected chi connectivity index (χ4v) is 2.15. The first-order chi connectivity index (χ1) is 9.10. The third kappa shape index (κ3) is 3.53. The van der Waals surface area contributed by atoms with Crippen LogP contribution in [0.2, 0.25) is 0 Å². The predicted molar refractivity (Wildman–Crippen MR) is 80.4 cm³/mol. The zero-order valence-corrected chi connectivity index (χ0v) is 12.9. The van der Waals surface area contributed by atoms with Crippen LogP contribution in [0, 0.1) is 0 Å². The lowest BCUT2D eigenvalue weighted by atomic mass is 10.1. The first-order valence-corrected chi connectivity index (χ1v) is 7.17. The van der Waals surface area contributed by atoms with Crippen LogP contribution in [0.1, 0.15) is 32.5 Å². The molecule has 0 N–H and O–H groups in total. The van der Waals surface area contributed by atoms with Crippen LogP contribution in [-0.4, -0.2) is 16.6 Å². The summed E-state index contributed by atoms with van der Waals surface area (Å²) in [6.45, 7) is 6.81. The molecule has 2 rings (SSSR count). The van der Waals surface area contributed by atoms with Gasteiger partial charge in [0, 0.05) is 11.5 Å². The molecule has 0 saturated heterocycles. The van der Waals surface area contributed by atoms with Gasteiger partial charge < -0.3 is 4.74 Å². The molecule has 1 heterocycles. The van der Waals surface area contributed by atoms with Gasteiger partial charge in [-0.25, -0.2) is 9.97 Å². The molecule has 0 aliphatic carbocycles. The van der Waals surface area contributed by atoms with Crippen LogP contribution in [0.3, 0.4) is 0 Å². The molecular weight excluding hydrogens is 304 g/mol. The van der Waals surface area contributed by atoms with Gasteiger partial charge >= 0.3 is 0 Å². The summed E-state index contributed by atoms with van der Waals surface area (Å²) in [5.74, 6) is 2.00. The van der Waals surface area contributed by atoms with E-state index in [4.69, 9.17) is 4.74 Å². The Kier molecular flexibility index (Phi) is 4.53. The Morgan fingerprint density at radius 1 is 1.21 bits per heavy atom. The van der Waals surface area contributed by atoms with Crippen LogP contribution in [0.15, 0.2) is 34.9 Å². The quantitative estimate of drug-likeness (QED) is 0.782. The van der Waals surface area contributed by atoms with Crippen molar-refractivity contribution in [1.29, 1.82) is 0 Å². The van der Waals surface area contributed by atoms with Crippen LogP contribution in [0.25, 0.3) is 11.3 Å². The second-order valence-corrected chi connectivity index (χ2v) is 5.36. The van der Waals surface area contributed by atoms with Crippen LogP contribution < -0.4 is 4.74 Å². The van der Waals surface area contributed by atoms with Gasteiger partial charge in [-0.05, 0) is 41.1 Å². The molecule has 0 bridgehead atoms. The van der Waals surface area contributed by atoms with Gasteiger partial charge in [0.1, 0.15) is 16.2 Å². The van der Waals surface area contributed by atoms with Gasteiger partial charge in [0.05, 0.1) is 12.3 Å². The maximum atomic E-state index is 5.52. The van der Waals surface area contributed by atoms with Crippen molar-refractivity contribution in [3.05, 3.63) is 40.8 Å². The molecule has 2 aromatic rings. The number of halogens is 1. The van der Waals surface area contributed by atoms with E-state index in [1.807, 2.05) is 37.3 Å². The Morgan fingerprint density at radius 3 is 2.68 bits per heavy atom. The number of ether oxygens (including phenoxy) is 1. The first-order valence-electron chi connectivity index (χ1n) is 6.38. The van der Waals surface area contributed by atoms with Crippen LogP contribution in [0.4, 0.5) is 0 Å². The van der Waals surface area contributed by atoms with Crippen LogP contribution in [0.5, 0.6) is 5.75 Å². The molecule has 0 aliphatic rings. The summed E-state index contributed by atoms with van der Waals surface area (Å²) >= 11 is 3.45. The van der Waals surface area contributed by atoms with E-state index in [0.29, 0.717) is 12.5 Å². The number of nitrogens with zero attached hydrogens (tertiary/aromatic N) is 2. The van der Waals surface area contributed by atoms with Crippen molar-refractivity contribution in [2.24, 2.45) is 0 Å². The Labute approximate surface area is 122 Å². The van der Waals surface area contributed by atoms with Crippen molar-refractivity contribution in [1.82, 2.24) is 9.97 Å². The molecule has 1 aromatic heterocycles. The molecule has 0 unspecified atom stereocenters. The van der Waals surface area contributed by atoms with E-state index in [9.17, 15) is 0 Å². The largest absolute Gasteiger partial charge is 0.494 e. The number of hydrogen-bond acceptors (Lipinski definition) is 3. The van der Waals surface area contributed by atoms with E-state index in [0.717, 1.165) is 27.4 Å². The monoisotopic (exact) mass is 320 g/mol. The molecule has 4 heteroatoms. The molecule has 0 radical (unpaired) electrons. The maximum Gasteiger partial charge on any atom is 0.132 e. The lowest BCUT2D eigenvalue weighted by molar-refractivity contribution is 0.340. The van der Waals surface area contributed by atoms with E-state index < -0.39 is 0 Å². The average Bonchev–Trinajstić information content (AvgIpc) is 2.38. The van der Waals surface area contributed by atoms with Gasteiger partial charge in [-0.2, -0.15) is 0 Å². The van der Waals surface area contributed by atoms with Gasteiger partial charge in [0.25, 0.3) is 0 Å². The number of aromatic nitrogens is 2. The number of hydrogen-bond donors (Lipinski definition) is 0. The number of rotatable bonds is 4. The molecule has 0 atom stereocenters. The van der Waals surface area contributed by atoms with Crippen molar-refractivity contribution in [3.63, 3.8) is 0 Å². The van der Waals surface area contributed by atoms with Crippen molar-refractivity contribution >= 4 is 15.9 Å². The minimum atomic E-state index is 0.298. The first kappa shape index (κ1) is 14.0. The molecule has 19 heavy (non-hydrogen) atoms. The summed E-state index contributed by atoms with van der Waals surface area (Å²) < 4.78 is 6.33. The zero-order chi connectivity index (χ0) is 13.8. The lowest BCUT2D eigenvalue weighted by Gasteiger charge is -2.09. The van der Waals surface area contributed by atoms with Gasteiger partial charge in [-0.1, -0.05) is 26.0 Å². The summed E-state index contributed by atoms with van der Waals surface area (Å²) in [7, 11) is 0. The second-order valence-electron chi connectivity index (χ2n) is 4.55. The van der Waals surface area contributed by atoms with Crippen molar-refractivity contribution in [2.75, 3.05) is 6.61 Å². The zero-order valence-electron chi connectivity index (χ0n) is 11.4. The Morgan fingerprint density at radius 2 is 2.00 bits per heavy atom. The molecule has 0 saturated carbocycles. The highest BCUT2D eigenvalue weighted by molar-refractivity contribution is 9.10. The second kappa shape index (κ2) is 6.15. The molecule has 0 spiro atoms. The molecule has 3 nitrogen and oxygen atoms in total. The average molecular weight is 321 g/mol. The summed E-state index contributed by atoms with van der Waals surface area (Å²) in [4.78, 5) is 9.00. The molecule has 0 fully saturated rings. The van der Waals surface area contributed by atoms with E-state index in [1.54, 1.807) is 0 Å². The highest BCUT2D eigenvalue weighted by Crippen LogP contribution is 2.25. The van der Waals surface area contributed by atoms with Crippen LogP contribution in [-0.2, 0) is 0 Å². The SMILES string of the molecule is CCOc1cccc(-c2cc(Br)nc(C(C)C)n2)c1. The number of benzene rings is 1.